The summed E-state index contributed by atoms with van der Waals surface area (Å²) in [6, 6.07) is 13.6. The molecule has 2 aromatic carbocycles. The van der Waals surface area contributed by atoms with Gasteiger partial charge in [-0.1, -0.05) is 48.9 Å². The van der Waals surface area contributed by atoms with Crippen LogP contribution in [0.2, 0.25) is 5.02 Å². The molecule has 0 aliphatic heterocycles. The first-order valence-corrected chi connectivity index (χ1v) is 9.24. The van der Waals surface area contributed by atoms with Crippen LogP contribution in [0.4, 0.5) is 0 Å². The molecule has 0 saturated heterocycles. The fourth-order valence-corrected chi connectivity index (χ4v) is 3.05. The van der Waals surface area contributed by atoms with Gasteiger partial charge >= 0.3 is 5.63 Å². The molecule has 1 atom stereocenters. The number of nitrogens with one attached hydrogen (secondary N) is 1. The molecule has 28 heavy (non-hydrogen) atoms. The number of aliphatic hydroxyl groups is 1. The lowest BCUT2D eigenvalue weighted by molar-refractivity contribution is -0.123. The third-order valence-corrected chi connectivity index (χ3v) is 4.59. The third kappa shape index (κ3) is 4.71. The quantitative estimate of drug-likeness (QED) is 0.593. The number of hydrogen-bond donors (Lipinski definition) is 2. The van der Waals surface area contributed by atoms with E-state index >= 15 is 0 Å². The van der Waals surface area contributed by atoms with Gasteiger partial charge in [-0.2, -0.15) is 0 Å². The van der Waals surface area contributed by atoms with Gasteiger partial charge in [0, 0.05) is 24.1 Å². The Kier molecular flexibility index (Phi) is 6.34. The van der Waals surface area contributed by atoms with Crippen LogP contribution in [-0.2, 0) is 11.2 Å². The molecule has 1 aromatic heterocycles. The number of halogens is 1. The summed E-state index contributed by atoms with van der Waals surface area (Å²) < 4.78 is 10.7. The Hall–Kier alpha value is -2.83. The Morgan fingerprint density at radius 1 is 1.25 bits per heavy atom. The molecule has 0 aliphatic rings. The van der Waals surface area contributed by atoms with Crippen LogP contribution in [-0.4, -0.2) is 24.2 Å². The Balaban J connectivity index is 1.64. The van der Waals surface area contributed by atoms with Crippen molar-refractivity contribution in [3.8, 4) is 5.75 Å². The number of aliphatic hydroxyl groups excluding tert-OH is 1. The van der Waals surface area contributed by atoms with Crippen LogP contribution in [0.3, 0.4) is 0 Å². The summed E-state index contributed by atoms with van der Waals surface area (Å²) in [7, 11) is 0. The number of fused-ring (bicyclic) bond motifs is 1. The molecular formula is C21H20ClNO5. The first-order chi connectivity index (χ1) is 13.5. The zero-order chi connectivity index (χ0) is 20.1. The number of ether oxygens (including phenoxy) is 1. The van der Waals surface area contributed by atoms with Crippen molar-refractivity contribution in [3.05, 3.63) is 75.1 Å². The average Bonchev–Trinajstić information content (AvgIpc) is 2.70. The van der Waals surface area contributed by atoms with Crippen molar-refractivity contribution in [3.63, 3.8) is 0 Å². The first-order valence-electron chi connectivity index (χ1n) is 8.86. The summed E-state index contributed by atoms with van der Waals surface area (Å²) in [4.78, 5) is 23.7. The maximum absolute atomic E-state index is 12.0. The van der Waals surface area contributed by atoms with E-state index < -0.39 is 17.6 Å². The van der Waals surface area contributed by atoms with Crippen molar-refractivity contribution in [2.24, 2.45) is 0 Å². The molecule has 3 rings (SSSR count). The Bertz CT molecular complexity index is 1030. The van der Waals surface area contributed by atoms with Gasteiger partial charge in [0.05, 0.1) is 11.1 Å². The van der Waals surface area contributed by atoms with E-state index in [9.17, 15) is 14.7 Å². The summed E-state index contributed by atoms with van der Waals surface area (Å²) in [6.07, 6.45) is -0.152. The number of amides is 1. The number of hydrogen-bond acceptors (Lipinski definition) is 5. The van der Waals surface area contributed by atoms with Crippen molar-refractivity contribution < 1.29 is 19.1 Å². The smallest absolute Gasteiger partial charge is 0.336 e. The molecule has 146 valence electrons. The highest BCUT2D eigenvalue weighted by atomic mass is 35.5. The van der Waals surface area contributed by atoms with E-state index in [0.717, 1.165) is 10.9 Å². The molecule has 0 unspecified atom stereocenters. The van der Waals surface area contributed by atoms with Crippen LogP contribution >= 0.6 is 11.6 Å². The zero-order valence-corrected chi connectivity index (χ0v) is 16.0. The largest absolute Gasteiger partial charge is 0.482 e. The van der Waals surface area contributed by atoms with Gasteiger partial charge in [0.25, 0.3) is 5.91 Å². The highest BCUT2D eigenvalue weighted by Crippen LogP contribution is 2.31. The SMILES string of the molecule is CCc1cc(=O)oc2cc(OCC(=O)NC[C@H](O)c3ccccc3)c(Cl)cc12. The number of rotatable bonds is 7. The lowest BCUT2D eigenvalue weighted by atomic mass is 10.1. The number of carbonyl (C=O) groups is 1. The first kappa shape index (κ1) is 19.9. The second kappa shape index (κ2) is 8.91. The summed E-state index contributed by atoms with van der Waals surface area (Å²) in [5.74, 6) is -0.167. The number of aryl methyl sites for hydroxylation is 1. The molecule has 0 bridgehead atoms. The second-order valence-electron chi connectivity index (χ2n) is 6.24. The summed E-state index contributed by atoms with van der Waals surface area (Å²) in [6.45, 7) is 1.71. The van der Waals surface area contributed by atoms with Gasteiger partial charge in [-0.15, -0.1) is 0 Å². The van der Waals surface area contributed by atoms with E-state index in [1.54, 1.807) is 18.2 Å². The normalized spacial score (nSPS) is 12.0. The van der Waals surface area contributed by atoms with E-state index in [4.69, 9.17) is 20.8 Å². The molecule has 2 N–H and O–H groups in total. The molecule has 0 fully saturated rings. The van der Waals surface area contributed by atoms with Crippen LogP contribution in [0.15, 0.2) is 57.7 Å². The maximum Gasteiger partial charge on any atom is 0.336 e. The Labute approximate surface area is 166 Å². The molecule has 0 radical (unpaired) electrons. The van der Waals surface area contributed by atoms with Gasteiger partial charge in [0.1, 0.15) is 11.3 Å². The molecule has 7 heteroatoms. The highest BCUT2D eigenvalue weighted by molar-refractivity contribution is 6.32. The molecule has 0 aliphatic carbocycles. The summed E-state index contributed by atoms with van der Waals surface area (Å²) in [5, 5.41) is 13.7. The Morgan fingerprint density at radius 2 is 2.00 bits per heavy atom. The highest BCUT2D eigenvalue weighted by Gasteiger charge is 2.13. The minimum absolute atomic E-state index is 0.0619. The topological polar surface area (TPSA) is 88.8 Å². The predicted octanol–water partition coefficient (Wildman–Crippen LogP) is 3.24. The van der Waals surface area contributed by atoms with Gasteiger partial charge in [-0.25, -0.2) is 4.79 Å². The fraction of sp³-hybridized carbons (Fsp3) is 0.238. The fourth-order valence-electron chi connectivity index (χ4n) is 2.83. The molecule has 0 spiro atoms. The lowest BCUT2D eigenvalue weighted by Gasteiger charge is -2.13. The third-order valence-electron chi connectivity index (χ3n) is 4.30. The van der Waals surface area contributed by atoms with E-state index in [1.807, 2.05) is 25.1 Å². The molecular weight excluding hydrogens is 382 g/mol. The van der Waals surface area contributed by atoms with Gasteiger partial charge in [0.2, 0.25) is 0 Å². The van der Waals surface area contributed by atoms with Crippen LogP contribution in [0.5, 0.6) is 5.75 Å². The average molecular weight is 402 g/mol. The maximum atomic E-state index is 12.0. The minimum atomic E-state index is -0.809. The molecule has 1 heterocycles. The van der Waals surface area contributed by atoms with Crippen molar-refractivity contribution in [2.45, 2.75) is 19.4 Å². The number of benzene rings is 2. The summed E-state index contributed by atoms with van der Waals surface area (Å²) >= 11 is 6.25. The lowest BCUT2D eigenvalue weighted by Crippen LogP contribution is -2.32. The molecule has 3 aromatic rings. The predicted molar refractivity (Wildman–Crippen MR) is 107 cm³/mol. The minimum Gasteiger partial charge on any atom is -0.482 e. The second-order valence-corrected chi connectivity index (χ2v) is 6.65. The van der Waals surface area contributed by atoms with Crippen molar-refractivity contribution in [1.82, 2.24) is 5.32 Å². The van der Waals surface area contributed by atoms with Crippen molar-refractivity contribution in [2.75, 3.05) is 13.2 Å². The zero-order valence-electron chi connectivity index (χ0n) is 15.3. The van der Waals surface area contributed by atoms with Gasteiger partial charge < -0.3 is 19.6 Å². The van der Waals surface area contributed by atoms with Gasteiger partial charge in [0.15, 0.2) is 6.61 Å². The van der Waals surface area contributed by atoms with E-state index in [-0.39, 0.29) is 18.9 Å². The molecule has 0 saturated carbocycles. The van der Waals surface area contributed by atoms with Crippen molar-refractivity contribution >= 4 is 28.5 Å². The molecule has 1 amide bonds. The monoisotopic (exact) mass is 401 g/mol. The van der Waals surface area contributed by atoms with Crippen LogP contribution in [0.25, 0.3) is 11.0 Å². The van der Waals surface area contributed by atoms with Gasteiger partial charge in [-0.05, 0) is 23.6 Å². The van der Waals surface area contributed by atoms with Gasteiger partial charge in [-0.3, -0.25) is 4.79 Å². The Morgan fingerprint density at radius 3 is 2.71 bits per heavy atom. The van der Waals surface area contributed by atoms with Crippen LogP contribution in [0.1, 0.15) is 24.2 Å². The van der Waals surface area contributed by atoms with Crippen LogP contribution < -0.4 is 15.7 Å². The number of carbonyl (C=O) groups excluding carboxylic acids is 1. The van der Waals surface area contributed by atoms with E-state index in [1.165, 1.54) is 12.1 Å². The molecule has 6 nitrogen and oxygen atoms in total. The summed E-state index contributed by atoms with van der Waals surface area (Å²) in [5.41, 5.74) is 1.43. The van der Waals surface area contributed by atoms with E-state index in [0.29, 0.717) is 22.6 Å². The van der Waals surface area contributed by atoms with Crippen LogP contribution in [0, 0.1) is 0 Å². The standard InChI is InChI=1S/C21H20ClNO5/c1-2-13-8-21(26)28-18-10-19(16(22)9-15(13)18)27-12-20(25)23-11-17(24)14-6-4-3-5-7-14/h3-10,17,24H,2,11-12H2,1H3,(H,23,25)/t17-/m0/s1. The van der Waals surface area contributed by atoms with Crippen molar-refractivity contribution in [1.29, 1.82) is 0 Å². The van der Waals surface area contributed by atoms with E-state index in [2.05, 4.69) is 5.32 Å².